The maximum Gasteiger partial charge on any atom is 0.224 e. The van der Waals surface area contributed by atoms with Crippen molar-refractivity contribution >= 4 is 29.9 Å². The second kappa shape index (κ2) is 9.06. The summed E-state index contributed by atoms with van der Waals surface area (Å²) in [5, 5.41) is 3.49. The number of benzene rings is 1. The lowest BCUT2D eigenvalue weighted by molar-refractivity contribution is -0.125. The normalized spacial score (nSPS) is 14.7. The molecule has 0 spiro atoms. The summed E-state index contributed by atoms with van der Waals surface area (Å²) in [7, 11) is 0. The van der Waals surface area contributed by atoms with Crippen molar-refractivity contribution in [3.8, 4) is 5.75 Å². The fourth-order valence-electron chi connectivity index (χ4n) is 1.43. The zero-order valence-electron chi connectivity index (χ0n) is 11.9. The number of carbonyl (C=O) groups excluding carboxylic acids is 1. The molecule has 1 amide bonds. The van der Waals surface area contributed by atoms with E-state index in [2.05, 4.69) is 5.32 Å². The highest BCUT2D eigenvalue weighted by atomic mass is 35.5. The highest BCUT2D eigenvalue weighted by Gasteiger charge is 2.17. The van der Waals surface area contributed by atoms with Crippen LogP contribution in [0.4, 0.5) is 0 Å². The molecule has 1 aromatic carbocycles. The molecule has 0 heterocycles. The minimum Gasteiger partial charge on any atom is -0.489 e. The number of carbonyl (C=O) groups is 1. The molecule has 0 fully saturated rings. The molecular weight excluding hydrogens is 299 g/mol. The largest absolute Gasteiger partial charge is 0.489 e. The van der Waals surface area contributed by atoms with Crippen LogP contribution in [0.15, 0.2) is 24.3 Å². The third kappa shape index (κ3) is 6.46. The van der Waals surface area contributed by atoms with Gasteiger partial charge < -0.3 is 15.8 Å². The van der Waals surface area contributed by atoms with Gasteiger partial charge in [-0.1, -0.05) is 18.5 Å². The highest BCUT2D eigenvalue weighted by molar-refractivity contribution is 6.30. The Morgan fingerprint density at radius 2 is 1.85 bits per heavy atom. The Hall–Kier alpha value is -0.970. The zero-order valence-corrected chi connectivity index (χ0v) is 13.5. The van der Waals surface area contributed by atoms with Gasteiger partial charge in [0.05, 0.1) is 6.54 Å². The van der Waals surface area contributed by atoms with Crippen LogP contribution in [-0.4, -0.2) is 24.6 Å². The predicted molar refractivity (Wildman–Crippen MR) is 84.6 cm³/mol. The smallest absolute Gasteiger partial charge is 0.224 e. The summed E-state index contributed by atoms with van der Waals surface area (Å²) < 4.78 is 5.66. The monoisotopic (exact) mass is 320 g/mol. The maximum atomic E-state index is 11.7. The van der Waals surface area contributed by atoms with Crippen molar-refractivity contribution in [3.05, 3.63) is 29.3 Å². The number of amides is 1. The van der Waals surface area contributed by atoms with Gasteiger partial charge in [-0.3, -0.25) is 4.79 Å². The lowest BCUT2D eigenvalue weighted by atomic mass is 10.0. The van der Waals surface area contributed by atoms with Gasteiger partial charge in [-0.05, 0) is 38.1 Å². The van der Waals surface area contributed by atoms with Gasteiger partial charge in [0.2, 0.25) is 5.91 Å². The Morgan fingerprint density at radius 3 is 2.35 bits per heavy atom. The lowest BCUT2D eigenvalue weighted by Crippen LogP contribution is -2.42. The first-order chi connectivity index (χ1) is 8.90. The van der Waals surface area contributed by atoms with Crippen LogP contribution < -0.4 is 15.8 Å². The SMILES string of the molecule is CC(CNC(=O)C(C)C(C)N)Oc1ccc(Cl)cc1.Cl. The Balaban J connectivity index is 0.00000361. The second-order valence-corrected chi connectivity index (χ2v) is 5.21. The summed E-state index contributed by atoms with van der Waals surface area (Å²) in [6.45, 7) is 5.96. The summed E-state index contributed by atoms with van der Waals surface area (Å²) in [6.07, 6.45) is -0.120. The topological polar surface area (TPSA) is 64.4 Å². The molecule has 20 heavy (non-hydrogen) atoms. The molecule has 0 aliphatic rings. The van der Waals surface area contributed by atoms with E-state index in [1.807, 2.05) is 20.8 Å². The number of nitrogens with two attached hydrogens (primary N) is 1. The van der Waals surface area contributed by atoms with E-state index in [0.29, 0.717) is 11.6 Å². The summed E-state index contributed by atoms with van der Waals surface area (Å²) in [5.41, 5.74) is 5.68. The minimum atomic E-state index is -0.206. The number of nitrogens with one attached hydrogen (secondary N) is 1. The number of hydrogen-bond acceptors (Lipinski definition) is 3. The third-order valence-electron chi connectivity index (χ3n) is 2.92. The molecule has 1 aromatic rings. The van der Waals surface area contributed by atoms with Crippen molar-refractivity contribution < 1.29 is 9.53 Å². The molecule has 0 aliphatic heterocycles. The van der Waals surface area contributed by atoms with Crippen molar-refractivity contribution in [3.63, 3.8) is 0 Å². The molecule has 0 aromatic heterocycles. The first-order valence-electron chi connectivity index (χ1n) is 6.35. The van der Waals surface area contributed by atoms with Crippen LogP contribution in [0.3, 0.4) is 0 Å². The van der Waals surface area contributed by atoms with Gasteiger partial charge in [0.15, 0.2) is 0 Å². The summed E-state index contributed by atoms with van der Waals surface area (Å²) >= 11 is 5.79. The summed E-state index contributed by atoms with van der Waals surface area (Å²) in [4.78, 5) is 11.7. The van der Waals surface area contributed by atoms with Crippen LogP contribution in [-0.2, 0) is 4.79 Å². The van der Waals surface area contributed by atoms with E-state index in [9.17, 15) is 4.79 Å². The van der Waals surface area contributed by atoms with Gasteiger partial charge >= 0.3 is 0 Å². The Kier molecular flexibility index (Phi) is 8.62. The molecular formula is C14H22Cl2N2O2. The molecule has 114 valence electrons. The van der Waals surface area contributed by atoms with Crippen LogP contribution >= 0.6 is 24.0 Å². The summed E-state index contributed by atoms with van der Waals surface area (Å²) in [6, 6.07) is 6.96. The number of rotatable bonds is 6. The maximum absolute atomic E-state index is 11.7. The predicted octanol–water partition coefficient (Wildman–Crippen LogP) is 2.63. The number of ether oxygens (including phenoxy) is 1. The first kappa shape index (κ1) is 19.0. The van der Waals surface area contributed by atoms with E-state index in [1.165, 1.54) is 0 Å². The van der Waals surface area contributed by atoms with Gasteiger partial charge in [-0.15, -0.1) is 12.4 Å². The van der Waals surface area contributed by atoms with Crippen molar-refractivity contribution in [2.45, 2.75) is 32.9 Å². The molecule has 6 heteroatoms. The van der Waals surface area contributed by atoms with E-state index < -0.39 is 0 Å². The Labute approximate surface area is 131 Å². The molecule has 3 atom stereocenters. The van der Waals surface area contributed by atoms with E-state index in [1.54, 1.807) is 24.3 Å². The molecule has 1 rings (SSSR count). The fourth-order valence-corrected chi connectivity index (χ4v) is 1.56. The van der Waals surface area contributed by atoms with Crippen molar-refractivity contribution in [1.82, 2.24) is 5.32 Å². The summed E-state index contributed by atoms with van der Waals surface area (Å²) in [5.74, 6) is 0.468. The van der Waals surface area contributed by atoms with Crippen LogP contribution in [0.25, 0.3) is 0 Å². The molecule has 4 nitrogen and oxygen atoms in total. The van der Waals surface area contributed by atoms with Gasteiger partial charge in [-0.25, -0.2) is 0 Å². The number of hydrogen-bond donors (Lipinski definition) is 2. The average Bonchev–Trinajstić information content (AvgIpc) is 2.37. The molecule has 3 unspecified atom stereocenters. The van der Waals surface area contributed by atoms with Crippen molar-refractivity contribution in [1.29, 1.82) is 0 Å². The standard InChI is InChI=1S/C14H21ClN2O2.ClH/c1-9(8-17-14(18)10(2)11(3)16)19-13-6-4-12(15)5-7-13;/h4-7,9-11H,8,16H2,1-3H3,(H,17,18);1H. The third-order valence-corrected chi connectivity index (χ3v) is 3.17. The van der Waals surface area contributed by atoms with Crippen LogP contribution in [0.1, 0.15) is 20.8 Å². The first-order valence-corrected chi connectivity index (χ1v) is 6.73. The van der Waals surface area contributed by atoms with E-state index in [-0.39, 0.29) is 36.4 Å². The van der Waals surface area contributed by atoms with Gasteiger partial charge in [0.25, 0.3) is 0 Å². The highest BCUT2D eigenvalue weighted by Crippen LogP contribution is 2.16. The fraction of sp³-hybridized carbons (Fsp3) is 0.500. The minimum absolute atomic E-state index is 0. The second-order valence-electron chi connectivity index (χ2n) is 4.78. The van der Waals surface area contributed by atoms with E-state index in [4.69, 9.17) is 22.1 Å². The Morgan fingerprint density at radius 1 is 1.30 bits per heavy atom. The van der Waals surface area contributed by atoms with Crippen molar-refractivity contribution in [2.75, 3.05) is 6.54 Å². The van der Waals surface area contributed by atoms with Crippen LogP contribution in [0.5, 0.6) is 5.75 Å². The Bertz CT molecular complexity index is 410. The molecule has 0 bridgehead atoms. The van der Waals surface area contributed by atoms with Gasteiger partial charge in [0, 0.05) is 17.0 Å². The van der Waals surface area contributed by atoms with E-state index >= 15 is 0 Å². The van der Waals surface area contributed by atoms with Crippen molar-refractivity contribution in [2.24, 2.45) is 11.7 Å². The quantitative estimate of drug-likeness (QED) is 0.846. The van der Waals surface area contributed by atoms with Gasteiger partial charge in [0.1, 0.15) is 11.9 Å². The molecule has 0 aliphatic carbocycles. The van der Waals surface area contributed by atoms with Crippen LogP contribution in [0, 0.1) is 5.92 Å². The molecule has 0 saturated carbocycles. The molecule has 0 saturated heterocycles. The van der Waals surface area contributed by atoms with Gasteiger partial charge in [-0.2, -0.15) is 0 Å². The molecule has 0 radical (unpaired) electrons. The van der Waals surface area contributed by atoms with Crippen LogP contribution in [0.2, 0.25) is 5.02 Å². The van der Waals surface area contributed by atoms with E-state index in [0.717, 1.165) is 5.75 Å². The average molecular weight is 321 g/mol. The zero-order chi connectivity index (χ0) is 14.4. The number of halogens is 2. The molecule has 3 N–H and O–H groups in total. The lowest BCUT2D eigenvalue weighted by Gasteiger charge is -2.19.